The molecule has 0 saturated heterocycles. The van der Waals surface area contributed by atoms with Gasteiger partial charge in [-0.15, -0.1) is 0 Å². The first-order valence-corrected chi connectivity index (χ1v) is 10.5. The molecule has 12 heteroatoms. The van der Waals surface area contributed by atoms with E-state index >= 15 is 0 Å². The van der Waals surface area contributed by atoms with Gasteiger partial charge in [-0.2, -0.15) is 0 Å². The third kappa shape index (κ3) is 26.5. The first kappa shape index (κ1) is 28.5. The van der Waals surface area contributed by atoms with Crippen LogP contribution in [0.4, 0.5) is 4.79 Å². The summed E-state index contributed by atoms with van der Waals surface area (Å²) in [6.07, 6.45) is -0.136. The molecule has 0 radical (unpaired) electrons. The van der Waals surface area contributed by atoms with E-state index in [0.717, 1.165) is 52.2 Å². The van der Waals surface area contributed by atoms with Gasteiger partial charge in [-0.25, -0.2) is 4.79 Å². The Kier molecular flexibility index (Phi) is 22.5. The zero-order valence-corrected chi connectivity index (χ0v) is 17.8. The summed E-state index contributed by atoms with van der Waals surface area (Å²) >= 11 is 0. The van der Waals surface area contributed by atoms with Crippen LogP contribution < -0.4 is 31.9 Å². The van der Waals surface area contributed by atoms with Crippen LogP contribution in [0.2, 0.25) is 0 Å². The molecule has 0 atom stereocenters. The van der Waals surface area contributed by atoms with Gasteiger partial charge in [-0.1, -0.05) is 0 Å². The van der Waals surface area contributed by atoms with E-state index in [-0.39, 0.29) is 6.54 Å². The monoisotopic (exact) mass is 436 g/mol. The summed E-state index contributed by atoms with van der Waals surface area (Å²) in [5.74, 6) is -0.842. The molecule has 12 nitrogen and oxygen atoms in total. The minimum atomic E-state index is -1.00. The molecule has 0 spiro atoms. The van der Waals surface area contributed by atoms with E-state index in [2.05, 4.69) is 31.9 Å². The topological polar surface area (TPSA) is 165 Å². The van der Waals surface area contributed by atoms with Gasteiger partial charge >= 0.3 is 12.1 Å². The molecule has 0 aromatic carbocycles. The summed E-state index contributed by atoms with van der Waals surface area (Å²) in [6, 6.07) is 0. The zero-order valence-electron chi connectivity index (χ0n) is 17.8. The number of ether oxygens (including phenoxy) is 2. The van der Waals surface area contributed by atoms with Gasteiger partial charge < -0.3 is 51.6 Å². The molecule has 8 N–H and O–H groups in total. The van der Waals surface area contributed by atoms with Crippen molar-refractivity contribution < 1.29 is 29.3 Å². The highest BCUT2D eigenvalue weighted by molar-refractivity contribution is 5.68. The molecule has 0 aliphatic carbocycles. The largest absolute Gasteiger partial charge is 0.480 e. The van der Waals surface area contributed by atoms with Crippen molar-refractivity contribution in [2.45, 2.75) is 6.42 Å². The van der Waals surface area contributed by atoms with Gasteiger partial charge in [-0.05, 0) is 6.42 Å². The molecule has 0 aromatic rings. The van der Waals surface area contributed by atoms with Crippen molar-refractivity contribution in [1.29, 1.82) is 0 Å². The van der Waals surface area contributed by atoms with E-state index in [0.29, 0.717) is 46.1 Å². The van der Waals surface area contributed by atoms with Gasteiger partial charge in [0, 0.05) is 78.7 Å². The summed E-state index contributed by atoms with van der Waals surface area (Å²) in [5.41, 5.74) is 0. The predicted molar refractivity (Wildman–Crippen MR) is 114 cm³/mol. The number of hydrogen-bond donors (Lipinski definition) is 8. The highest BCUT2D eigenvalue weighted by Gasteiger charge is 1.95. The maximum Gasteiger partial charge on any atom is 0.404 e. The van der Waals surface area contributed by atoms with E-state index in [1.54, 1.807) is 0 Å². The molecule has 1 amide bonds. The lowest BCUT2D eigenvalue weighted by molar-refractivity contribution is -0.135. The molecular weight excluding hydrogens is 396 g/mol. The van der Waals surface area contributed by atoms with Gasteiger partial charge in [0.05, 0.1) is 19.8 Å². The van der Waals surface area contributed by atoms with Crippen molar-refractivity contribution in [3.8, 4) is 0 Å². The lowest BCUT2D eigenvalue weighted by atomic mass is 10.5. The van der Waals surface area contributed by atoms with Gasteiger partial charge in [0.2, 0.25) is 0 Å². The fourth-order valence-corrected chi connectivity index (χ4v) is 2.24. The van der Waals surface area contributed by atoms with Crippen molar-refractivity contribution in [2.75, 3.05) is 98.4 Å². The molecular formula is C18H40N6O6. The van der Waals surface area contributed by atoms with Crippen LogP contribution in [0, 0.1) is 0 Å². The van der Waals surface area contributed by atoms with E-state index in [9.17, 15) is 9.59 Å². The number of amides is 1. The lowest BCUT2D eigenvalue weighted by Crippen LogP contribution is -2.35. The van der Waals surface area contributed by atoms with E-state index < -0.39 is 12.1 Å². The molecule has 0 rings (SSSR count). The summed E-state index contributed by atoms with van der Waals surface area (Å²) in [4.78, 5) is 20.5. The number of rotatable bonds is 24. The third-order valence-electron chi connectivity index (χ3n) is 3.71. The predicted octanol–water partition coefficient (Wildman–Crippen LogP) is -2.29. The zero-order chi connectivity index (χ0) is 22.1. The second-order valence-corrected chi connectivity index (χ2v) is 6.38. The average Bonchev–Trinajstić information content (AvgIpc) is 2.70. The van der Waals surface area contributed by atoms with Crippen LogP contribution in [-0.4, -0.2) is 121 Å². The van der Waals surface area contributed by atoms with Crippen LogP contribution >= 0.6 is 0 Å². The Morgan fingerprint density at radius 3 is 1.47 bits per heavy atom. The fraction of sp³-hybridized carbons (Fsp3) is 0.889. The van der Waals surface area contributed by atoms with Gasteiger partial charge in [-0.3, -0.25) is 4.79 Å². The van der Waals surface area contributed by atoms with E-state index in [4.69, 9.17) is 19.7 Å². The van der Waals surface area contributed by atoms with Crippen LogP contribution in [0.15, 0.2) is 0 Å². The fourth-order valence-electron chi connectivity index (χ4n) is 2.24. The molecule has 0 unspecified atom stereocenters. The molecule has 0 aliphatic heterocycles. The van der Waals surface area contributed by atoms with Crippen molar-refractivity contribution >= 4 is 12.1 Å². The Labute approximate surface area is 178 Å². The SMILES string of the molecule is O=C(O)CNCCNCCNCCOCCCOCCNCCNCCNC(=O)O. The van der Waals surface area contributed by atoms with Crippen LogP contribution in [-0.2, 0) is 14.3 Å². The maximum absolute atomic E-state index is 10.3. The van der Waals surface area contributed by atoms with Crippen molar-refractivity contribution in [2.24, 2.45) is 0 Å². The van der Waals surface area contributed by atoms with Gasteiger partial charge in [0.25, 0.3) is 0 Å². The number of nitrogens with one attached hydrogen (secondary N) is 6. The smallest absolute Gasteiger partial charge is 0.404 e. The van der Waals surface area contributed by atoms with E-state index in [1.165, 1.54) is 0 Å². The third-order valence-corrected chi connectivity index (χ3v) is 3.71. The van der Waals surface area contributed by atoms with Gasteiger partial charge in [0.1, 0.15) is 0 Å². The number of carboxylic acid groups (broad SMARTS) is 2. The quantitative estimate of drug-likeness (QED) is 0.0768. The normalized spacial score (nSPS) is 10.9. The van der Waals surface area contributed by atoms with E-state index in [1.807, 2.05) is 0 Å². The van der Waals surface area contributed by atoms with Crippen LogP contribution in [0.1, 0.15) is 6.42 Å². The molecule has 0 aromatic heterocycles. The molecule has 0 bridgehead atoms. The molecule has 0 heterocycles. The molecule has 178 valence electrons. The second-order valence-electron chi connectivity index (χ2n) is 6.38. The molecule has 0 saturated carbocycles. The van der Waals surface area contributed by atoms with Crippen LogP contribution in [0.3, 0.4) is 0 Å². The van der Waals surface area contributed by atoms with Crippen molar-refractivity contribution in [3.63, 3.8) is 0 Å². The first-order chi connectivity index (χ1) is 14.6. The standard InChI is InChI=1S/C18H40N6O6/c25-17(26)16-23-7-6-19-2-4-21-10-14-29-12-1-13-30-15-11-22-5-3-20-8-9-24-18(27)28/h19-24H,1-16H2,(H,25,26)(H,27,28). The lowest BCUT2D eigenvalue weighted by Gasteiger charge is -2.09. The summed E-state index contributed by atoms with van der Waals surface area (Å²) < 4.78 is 11.0. The Morgan fingerprint density at radius 1 is 0.567 bits per heavy atom. The first-order valence-electron chi connectivity index (χ1n) is 10.5. The Hall–Kier alpha value is -1.54. The molecule has 30 heavy (non-hydrogen) atoms. The van der Waals surface area contributed by atoms with Gasteiger partial charge in [0.15, 0.2) is 0 Å². The summed E-state index contributed by atoms with van der Waals surface area (Å²) in [5, 5.41) is 34.8. The van der Waals surface area contributed by atoms with Crippen molar-refractivity contribution in [1.82, 2.24) is 31.9 Å². The summed E-state index contributed by atoms with van der Waals surface area (Å²) in [6.45, 7) is 9.90. The number of aliphatic carboxylic acids is 1. The van der Waals surface area contributed by atoms with Crippen LogP contribution in [0.25, 0.3) is 0 Å². The summed E-state index contributed by atoms with van der Waals surface area (Å²) in [7, 11) is 0. The Morgan fingerprint density at radius 2 is 1.00 bits per heavy atom. The maximum atomic E-state index is 10.3. The van der Waals surface area contributed by atoms with Crippen LogP contribution in [0.5, 0.6) is 0 Å². The highest BCUT2D eigenvalue weighted by Crippen LogP contribution is 1.84. The highest BCUT2D eigenvalue weighted by atomic mass is 16.5. The minimum Gasteiger partial charge on any atom is -0.480 e. The van der Waals surface area contributed by atoms with Crippen molar-refractivity contribution in [3.05, 3.63) is 0 Å². The second kappa shape index (κ2) is 23.7. The molecule has 0 aliphatic rings. The Balaban J connectivity index is 3.02. The number of hydrogen-bond acceptors (Lipinski definition) is 9. The number of carboxylic acids is 1. The minimum absolute atomic E-state index is 0.00597. The Bertz CT molecular complexity index is 369. The number of carbonyl (C=O) groups is 2. The average molecular weight is 437 g/mol. The molecule has 0 fully saturated rings.